The summed E-state index contributed by atoms with van der Waals surface area (Å²) in [6.07, 6.45) is 1.42. The minimum Gasteiger partial charge on any atom is -0.476 e. The zero-order valence-corrected chi connectivity index (χ0v) is 3.77. The molecular formula is C3H3ClNO. The largest absolute Gasteiger partial charge is 0.476 e. The maximum atomic E-state index is 5.28. The normalized spacial score (nSPS) is 18.5. The molecule has 0 N–H and O–H groups in total. The van der Waals surface area contributed by atoms with E-state index >= 15 is 0 Å². The van der Waals surface area contributed by atoms with Gasteiger partial charge in [0, 0.05) is 0 Å². The molecule has 1 aliphatic heterocycles. The van der Waals surface area contributed by atoms with Gasteiger partial charge >= 0.3 is 0 Å². The maximum Gasteiger partial charge on any atom is 0.180 e. The van der Waals surface area contributed by atoms with Gasteiger partial charge in [-0.3, -0.25) is 0 Å². The van der Waals surface area contributed by atoms with Crippen LogP contribution in [-0.4, -0.2) is 6.73 Å². The van der Waals surface area contributed by atoms with Crippen LogP contribution in [0, 0.1) is 0 Å². The second-order valence-corrected chi connectivity index (χ2v) is 1.28. The van der Waals surface area contributed by atoms with Gasteiger partial charge < -0.3 is 4.74 Å². The van der Waals surface area contributed by atoms with Crippen LogP contribution in [0.15, 0.2) is 11.4 Å². The van der Waals surface area contributed by atoms with E-state index in [1.54, 1.807) is 0 Å². The summed E-state index contributed by atoms with van der Waals surface area (Å²) in [6.45, 7) is 0.388. The predicted molar refractivity (Wildman–Crippen MR) is 22.0 cm³/mol. The van der Waals surface area contributed by atoms with Gasteiger partial charge in [-0.1, -0.05) is 11.6 Å². The molecule has 0 fully saturated rings. The molecule has 6 heavy (non-hydrogen) atoms. The average Bonchev–Trinajstić information content (AvgIpc) is 1.86. The Morgan fingerprint density at radius 2 is 2.83 bits per heavy atom. The van der Waals surface area contributed by atoms with Gasteiger partial charge in [0.1, 0.15) is 6.26 Å². The molecule has 0 aromatic rings. The Morgan fingerprint density at radius 3 is 3.00 bits per heavy atom. The summed E-state index contributed by atoms with van der Waals surface area (Å²) < 4.78 is 4.60. The smallest absolute Gasteiger partial charge is 0.180 e. The van der Waals surface area contributed by atoms with E-state index in [2.05, 4.69) is 10.1 Å². The summed E-state index contributed by atoms with van der Waals surface area (Å²) in [4.78, 5) is 0. The van der Waals surface area contributed by atoms with Crippen LogP contribution < -0.4 is 5.32 Å². The number of ether oxygens (including phenoxy) is 1. The van der Waals surface area contributed by atoms with Crippen molar-refractivity contribution >= 4 is 11.6 Å². The van der Waals surface area contributed by atoms with E-state index in [0.717, 1.165) is 0 Å². The van der Waals surface area contributed by atoms with E-state index in [-0.39, 0.29) is 0 Å². The third kappa shape index (κ3) is 0.571. The zero-order chi connectivity index (χ0) is 4.41. The molecule has 0 unspecified atom stereocenters. The summed E-state index contributed by atoms with van der Waals surface area (Å²) in [5, 5.41) is 4.09. The minimum absolute atomic E-state index is 0.388. The van der Waals surface area contributed by atoms with Crippen molar-refractivity contribution in [2.45, 2.75) is 0 Å². The summed E-state index contributed by atoms with van der Waals surface area (Å²) >= 11 is 5.28. The number of hydrogen-bond donors (Lipinski definition) is 0. The molecule has 1 rings (SSSR count). The summed E-state index contributed by atoms with van der Waals surface area (Å²) in [5.41, 5.74) is 0. The quantitative estimate of drug-likeness (QED) is 0.413. The molecule has 1 radical (unpaired) electrons. The van der Waals surface area contributed by atoms with Gasteiger partial charge in [-0.05, 0) is 0 Å². The van der Waals surface area contributed by atoms with Crippen LogP contribution in [0.25, 0.3) is 0 Å². The van der Waals surface area contributed by atoms with Crippen molar-refractivity contribution in [3.05, 3.63) is 11.4 Å². The molecule has 0 saturated carbocycles. The Balaban J connectivity index is 2.45. The summed E-state index contributed by atoms with van der Waals surface area (Å²) in [6, 6.07) is 0. The average molecular weight is 105 g/mol. The molecule has 0 spiro atoms. The van der Waals surface area contributed by atoms with E-state index in [0.29, 0.717) is 11.9 Å². The SMILES string of the molecule is ClC1=COC[N]1. The first kappa shape index (κ1) is 3.81. The highest BCUT2D eigenvalue weighted by Gasteiger charge is 1.98. The van der Waals surface area contributed by atoms with E-state index in [9.17, 15) is 0 Å². The lowest BCUT2D eigenvalue weighted by Crippen LogP contribution is -1.92. The number of hydrogen-bond acceptors (Lipinski definition) is 1. The van der Waals surface area contributed by atoms with Crippen molar-refractivity contribution in [1.29, 1.82) is 0 Å². The molecular weight excluding hydrogens is 101 g/mol. The van der Waals surface area contributed by atoms with Gasteiger partial charge in [0.05, 0.1) is 0 Å². The van der Waals surface area contributed by atoms with Crippen LogP contribution in [0.5, 0.6) is 0 Å². The maximum absolute atomic E-state index is 5.28. The van der Waals surface area contributed by atoms with Crippen LogP contribution >= 0.6 is 11.6 Å². The first-order chi connectivity index (χ1) is 2.89. The molecule has 3 heteroatoms. The summed E-state index contributed by atoms with van der Waals surface area (Å²) in [7, 11) is 0. The van der Waals surface area contributed by atoms with Gasteiger partial charge in [0.2, 0.25) is 0 Å². The molecule has 0 aromatic carbocycles. The van der Waals surface area contributed by atoms with Gasteiger partial charge in [0.15, 0.2) is 11.9 Å². The highest BCUT2D eigenvalue weighted by molar-refractivity contribution is 6.29. The molecule has 1 heterocycles. The second-order valence-electron chi connectivity index (χ2n) is 0.894. The lowest BCUT2D eigenvalue weighted by molar-refractivity contribution is 0.265. The fourth-order valence-corrected chi connectivity index (χ4v) is 0.354. The highest BCUT2D eigenvalue weighted by Crippen LogP contribution is 2.02. The van der Waals surface area contributed by atoms with Crippen LogP contribution in [0.2, 0.25) is 0 Å². The Bertz CT molecular complexity index is 80.9. The van der Waals surface area contributed by atoms with E-state index in [1.807, 2.05) is 0 Å². The third-order valence-electron chi connectivity index (χ3n) is 0.471. The highest BCUT2D eigenvalue weighted by atomic mass is 35.5. The van der Waals surface area contributed by atoms with E-state index < -0.39 is 0 Å². The predicted octanol–water partition coefficient (Wildman–Crippen LogP) is 0.616. The first-order valence-corrected chi connectivity index (χ1v) is 1.92. The van der Waals surface area contributed by atoms with Crippen LogP contribution in [0.3, 0.4) is 0 Å². The Kier molecular flexibility index (Phi) is 0.881. The minimum atomic E-state index is 0.388. The Hall–Kier alpha value is -0.370. The topological polar surface area (TPSA) is 23.3 Å². The molecule has 0 amide bonds. The number of rotatable bonds is 0. The number of halogens is 1. The van der Waals surface area contributed by atoms with Gasteiger partial charge in [-0.25, -0.2) is 5.32 Å². The van der Waals surface area contributed by atoms with Crippen molar-refractivity contribution in [3.63, 3.8) is 0 Å². The molecule has 33 valence electrons. The zero-order valence-electron chi connectivity index (χ0n) is 3.02. The number of nitrogens with zero attached hydrogens (tertiary/aromatic N) is 1. The molecule has 0 aliphatic carbocycles. The molecule has 0 atom stereocenters. The van der Waals surface area contributed by atoms with Crippen LogP contribution in [-0.2, 0) is 4.74 Å². The molecule has 0 saturated heterocycles. The summed E-state index contributed by atoms with van der Waals surface area (Å²) in [5.74, 6) is 0. The monoisotopic (exact) mass is 104 g/mol. The van der Waals surface area contributed by atoms with Crippen LogP contribution in [0.1, 0.15) is 0 Å². The van der Waals surface area contributed by atoms with E-state index in [1.165, 1.54) is 6.26 Å². The molecule has 1 aliphatic rings. The van der Waals surface area contributed by atoms with Crippen molar-refractivity contribution in [2.24, 2.45) is 0 Å². The second kappa shape index (κ2) is 1.39. The van der Waals surface area contributed by atoms with Crippen molar-refractivity contribution in [3.8, 4) is 0 Å². The Labute approximate surface area is 40.7 Å². The van der Waals surface area contributed by atoms with Crippen LogP contribution in [0.4, 0.5) is 0 Å². The lowest BCUT2D eigenvalue weighted by Gasteiger charge is -1.80. The van der Waals surface area contributed by atoms with Gasteiger partial charge in [-0.2, -0.15) is 0 Å². The van der Waals surface area contributed by atoms with E-state index in [4.69, 9.17) is 11.6 Å². The van der Waals surface area contributed by atoms with Crippen molar-refractivity contribution < 1.29 is 4.74 Å². The molecule has 0 bridgehead atoms. The third-order valence-corrected chi connectivity index (χ3v) is 0.679. The fraction of sp³-hybridized carbons (Fsp3) is 0.333. The molecule has 0 aromatic heterocycles. The lowest BCUT2D eigenvalue weighted by atomic mass is 11.0. The molecule has 2 nitrogen and oxygen atoms in total. The fourth-order valence-electron chi connectivity index (χ4n) is 0.242. The standard InChI is InChI=1S/C3H3ClNO/c4-3-1-6-2-5-3/h1H,2H2. The van der Waals surface area contributed by atoms with Crippen molar-refractivity contribution in [2.75, 3.05) is 6.73 Å². The van der Waals surface area contributed by atoms with Gasteiger partial charge in [0.25, 0.3) is 0 Å². The van der Waals surface area contributed by atoms with Gasteiger partial charge in [-0.15, -0.1) is 0 Å². The first-order valence-electron chi connectivity index (χ1n) is 1.54. The van der Waals surface area contributed by atoms with Crippen molar-refractivity contribution in [1.82, 2.24) is 5.32 Å². The Morgan fingerprint density at radius 1 is 2.00 bits per heavy atom.